The van der Waals surface area contributed by atoms with E-state index in [1.54, 1.807) is 6.07 Å². The maximum absolute atomic E-state index is 12.9. The van der Waals surface area contributed by atoms with Crippen molar-refractivity contribution < 1.29 is 14.0 Å². The molecule has 3 rings (SSSR count). The number of rotatable bonds is 7. The Morgan fingerprint density at radius 3 is 2.44 bits per heavy atom. The smallest absolute Gasteiger partial charge is 0.262 e. The lowest BCUT2D eigenvalue weighted by Crippen LogP contribution is -2.48. The average Bonchev–Trinajstić information content (AvgIpc) is 3.33. The number of nitrogens with one attached hydrogen (secondary N) is 2. The van der Waals surface area contributed by atoms with E-state index in [-0.39, 0.29) is 17.9 Å². The Morgan fingerprint density at radius 1 is 1.04 bits per heavy atom. The van der Waals surface area contributed by atoms with Crippen LogP contribution in [0.1, 0.15) is 39.7 Å². The molecule has 3 aromatic rings. The Balaban J connectivity index is 1.73. The fraction of sp³-hybridized carbons (Fsp3) is 0.238. The normalized spacial score (nSPS) is 13.0. The van der Waals surface area contributed by atoms with E-state index in [2.05, 4.69) is 10.6 Å². The molecule has 5 nitrogen and oxygen atoms in total. The van der Waals surface area contributed by atoms with Crippen LogP contribution in [0.5, 0.6) is 0 Å². The molecule has 2 atom stereocenters. The minimum Gasteiger partial charge on any atom is -0.464 e. The second-order valence-corrected chi connectivity index (χ2v) is 7.32. The summed E-state index contributed by atoms with van der Waals surface area (Å²) in [6, 6.07) is 15.9. The average molecular weight is 382 g/mol. The molecule has 0 bridgehead atoms. The maximum atomic E-state index is 12.9. The van der Waals surface area contributed by atoms with Gasteiger partial charge in [0.2, 0.25) is 5.91 Å². The number of aryl methyl sites for hydroxylation is 1. The van der Waals surface area contributed by atoms with E-state index >= 15 is 0 Å². The first-order valence-electron chi connectivity index (χ1n) is 8.78. The van der Waals surface area contributed by atoms with Crippen molar-refractivity contribution in [1.29, 1.82) is 0 Å². The number of thiophene rings is 1. The van der Waals surface area contributed by atoms with E-state index in [0.29, 0.717) is 17.1 Å². The largest absolute Gasteiger partial charge is 0.464 e. The topological polar surface area (TPSA) is 71.3 Å². The fourth-order valence-electron chi connectivity index (χ4n) is 2.77. The van der Waals surface area contributed by atoms with Crippen LogP contribution in [0.25, 0.3) is 0 Å². The summed E-state index contributed by atoms with van der Waals surface area (Å²) in [4.78, 5) is 25.9. The summed E-state index contributed by atoms with van der Waals surface area (Å²) in [7, 11) is 0. The van der Waals surface area contributed by atoms with E-state index in [1.807, 2.05) is 67.8 Å². The first-order valence-corrected chi connectivity index (χ1v) is 9.66. The molecular formula is C21H22N2O3S. The monoisotopic (exact) mass is 382 g/mol. The van der Waals surface area contributed by atoms with Crippen molar-refractivity contribution in [1.82, 2.24) is 10.6 Å². The molecule has 2 aromatic heterocycles. The molecular weight excluding hydrogens is 360 g/mol. The van der Waals surface area contributed by atoms with E-state index in [9.17, 15) is 9.59 Å². The minimum atomic E-state index is -0.680. The molecule has 6 heteroatoms. The van der Waals surface area contributed by atoms with Gasteiger partial charge in [-0.25, -0.2) is 0 Å². The molecule has 0 aliphatic rings. The van der Waals surface area contributed by atoms with Crippen LogP contribution in [0.2, 0.25) is 0 Å². The Kier molecular flexibility index (Phi) is 6.08. The second kappa shape index (κ2) is 8.68. The maximum Gasteiger partial charge on any atom is 0.262 e. The third-order valence-corrected chi connectivity index (χ3v) is 5.06. The van der Waals surface area contributed by atoms with Crippen LogP contribution in [0.3, 0.4) is 0 Å². The number of hydrogen-bond acceptors (Lipinski definition) is 4. The van der Waals surface area contributed by atoms with E-state index in [1.165, 1.54) is 11.3 Å². The summed E-state index contributed by atoms with van der Waals surface area (Å²) >= 11 is 1.35. The lowest BCUT2D eigenvalue weighted by Gasteiger charge is -2.20. The summed E-state index contributed by atoms with van der Waals surface area (Å²) < 4.78 is 5.58. The Hall–Kier alpha value is -2.86. The highest BCUT2D eigenvalue weighted by molar-refractivity contribution is 7.12. The number of carbonyl (C=O) groups excluding carboxylic acids is 2. The molecule has 0 saturated carbocycles. The molecule has 0 aliphatic carbocycles. The summed E-state index contributed by atoms with van der Waals surface area (Å²) in [6.45, 7) is 3.72. The molecule has 0 aliphatic heterocycles. The van der Waals surface area contributed by atoms with E-state index < -0.39 is 6.04 Å². The van der Waals surface area contributed by atoms with Gasteiger partial charge in [0.05, 0.1) is 10.9 Å². The van der Waals surface area contributed by atoms with Gasteiger partial charge in [0.15, 0.2) is 0 Å². The highest BCUT2D eigenvalue weighted by Crippen LogP contribution is 2.16. The predicted molar refractivity (Wildman–Crippen MR) is 106 cm³/mol. The van der Waals surface area contributed by atoms with E-state index in [4.69, 9.17) is 4.42 Å². The van der Waals surface area contributed by atoms with Crippen molar-refractivity contribution in [2.75, 3.05) is 0 Å². The van der Waals surface area contributed by atoms with E-state index in [0.717, 1.165) is 11.3 Å². The Bertz CT molecular complexity index is 887. The molecule has 0 saturated heterocycles. The first-order chi connectivity index (χ1) is 13.0. The molecule has 27 heavy (non-hydrogen) atoms. The quantitative estimate of drug-likeness (QED) is 0.652. The molecule has 1 aromatic carbocycles. The summed E-state index contributed by atoms with van der Waals surface area (Å²) in [5, 5.41) is 7.63. The molecule has 2 amide bonds. The van der Waals surface area contributed by atoms with Crippen molar-refractivity contribution in [3.05, 3.63) is 81.9 Å². The molecule has 2 heterocycles. The lowest BCUT2D eigenvalue weighted by atomic mass is 10.0. The van der Waals surface area contributed by atoms with Crippen molar-refractivity contribution >= 4 is 23.2 Å². The van der Waals surface area contributed by atoms with Gasteiger partial charge in [0.25, 0.3) is 5.91 Å². The SMILES string of the molecule is Cc1ccc(C(C)NC(=O)C(Cc2ccccc2)NC(=O)c2cccs2)o1. The Morgan fingerprint density at radius 2 is 1.81 bits per heavy atom. The van der Waals surface area contributed by atoms with Crippen LogP contribution in [-0.4, -0.2) is 17.9 Å². The molecule has 0 spiro atoms. The summed E-state index contributed by atoms with van der Waals surface area (Å²) in [6.07, 6.45) is 0.410. The lowest BCUT2D eigenvalue weighted by molar-refractivity contribution is -0.123. The third kappa shape index (κ3) is 5.08. The van der Waals surface area contributed by atoms with Crippen molar-refractivity contribution in [2.45, 2.75) is 32.4 Å². The van der Waals surface area contributed by atoms with Crippen LogP contribution < -0.4 is 10.6 Å². The van der Waals surface area contributed by atoms with Gasteiger partial charge in [0, 0.05) is 6.42 Å². The van der Waals surface area contributed by atoms with Crippen LogP contribution >= 0.6 is 11.3 Å². The zero-order chi connectivity index (χ0) is 19.2. The van der Waals surface area contributed by atoms with Gasteiger partial charge in [-0.3, -0.25) is 9.59 Å². The second-order valence-electron chi connectivity index (χ2n) is 6.37. The third-order valence-electron chi connectivity index (χ3n) is 4.20. The number of benzene rings is 1. The highest BCUT2D eigenvalue weighted by atomic mass is 32.1. The van der Waals surface area contributed by atoms with Gasteiger partial charge < -0.3 is 15.1 Å². The highest BCUT2D eigenvalue weighted by Gasteiger charge is 2.24. The number of amides is 2. The summed E-state index contributed by atoms with van der Waals surface area (Å²) in [5.41, 5.74) is 0.977. The van der Waals surface area contributed by atoms with Crippen LogP contribution in [0.4, 0.5) is 0 Å². The molecule has 140 valence electrons. The zero-order valence-corrected chi connectivity index (χ0v) is 16.1. The van der Waals surface area contributed by atoms with Gasteiger partial charge in [-0.1, -0.05) is 36.4 Å². The zero-order valence-electron chi connectivity index (χ0n) is 15.3. The van der Waals surface area contributed by atoms with Gasteiger partial charge >= 0.3 is 0 Å². The van der Waals surface area contributed by atoms with Crippen molar-refractivity contribution in [2.24, 2.45) is 0 Å². The number of hydrogen-bond donors (Lipinski definition) is 2. The number of furan rings is 1. The Labute approximate surface area is 162 Å². The van der Waals surface area contributed by atoms with Gasteiger partial charge in [-0.05, 0) is 43.0 Å². The van der Waals surface area contributed by atoms with Gasteiger partial charge in [0.1, 0.15) is 17.6 Å². The molecule has 0 fully saturated rings. The van der Waals surface area contributed by atoms with Crippen LogP contribution in [-0.2, 0) is 11.2 Å². The standard InChI is InChI=1S/C21H22N2O3S/c1-14-10-11-18(26-14)15(2)22-20(24)17(13-16-7-4-3-5-8-16)23-21(25)19-9-6-12-27-19/h3-12,15,17H,13H2,1-2H3,(H,22,24)(H,23,25). The molecule has 0 radical (unpaired) electrons. The fourth-order valence-corrected chi connectivity index (χ4v) is 3.39. The van der Waals surface area contributed by atoms with Crippen molar-refractivity contribution in [3.63, 3.8) is 0 Å². The van der Waals surface area contributed by atoms with Gasteiger partial charge in [-0.15, -0.1) is 11.3 Å². The minimum absolute atomic E-state index is 0.245. The van der Waals surface area contributed by atoms with Gasteiger partial charge in [-0.2, -0.15) is 0 Å². The van der Waals surface area contributed by atoms with Crippen LogP contribution in [0.15, 0.2) is 64.4 Å². The molecule has 2 unspecified atom stereocenters. The molecule has 2 N–H and O–H groups in total. The first kappa shape index (κ1) is 18.9. The summed E-state index contributed by atoms with van der Waals surface area (Å²) in [5.74, 6) is 0.981. The predicted octanol–water partition coefficient (Wildman–Crippen LogP) is 3.87. The van der Waals surface area contributed by atoms with Crippen molar-refractivity contribution in [3.8, 4) is 0 Å². The van der Waals surface area contributed by atoms with Crippen LogP contribution in [0, 0.1) is 6.92 Å². The number of carbonyl (C=O) groups is 2.